The molecule has 1 aliphatic rings. The number of aromatic nitrogens is 5. The van der Waals surface area contributed by atoms with Crippen molar-refractivity contribution < 1.29 is 22.4 Å². The molecule has 0 aliphatic heterocycles. The van der Waals surface area contributed by atoms with E-state index in [9.17, 15) is 13.2 Å². The van der Waals surface area contributed by atoms with Crippen molar-refractivity contribution >= 4 is 27.7 Å². The number of pyridine rings is 1. The lowest BCUT2D eigenvalue weighted by molar-refractivity contribution is -0.123. The molecule has 1 fully saturated rings. The third-order valence-electron chi connectivity index (χ3n) is 5.28. The molecule has 0 aromatic carbocycles. The van der Waals surface area contributed by atoms with E-state index in [1.54, 1.807) is 13.0 Å². The number of sulfonamides is 1. The number of halogens is 1. The Kier molecular flexibility index (Phi) is 7.15. The van der Waals surface area contributed by atoms with Gasteiger partial charge in [0.2, 0.25) is 21.9 Å². The second-order valence-corrected chi connectivity index (χ2v) is 9.77. The van der Waals surface area contributed by atoms with Crippen LogP contribution in [0, 0.1) is 0 Å². The largest absolute Gasteiger partial charge is 0.477 e. The quantitative estimate of drug-likeness (QED) is 0.415. The third kappa shape index (κ3) is 5.67. The molecule has 3 aromatic rings. The Morgan fingerprint density at radius 1 is 1.17 bits per heavy atom. The molecule has 0 bridgehead atoms. The minimum absolute atomic E-state index is 0.0452. The Morgan fingerprint density at radius 3 is 2.63 bits per heavy atom. The number of carbonyl (C=O) groups excluding carboxylic acids is 1. The SMILES string of the molecule is CCOc1cncc(-c2ccc(N(F)C(=O)C(CC)c3ccnc(NS(=O)(=O)C4CC4)n3)nc2)n1. The van der Waals surface area contributed by atoms with Gasteiger partial charge < -0.3 is 4.74 Å². The van der Waals surface area contributed by atoms with Gasteiger partial charge in [-0.15, -0.1) is 5.12 Å². The zero-order valence-corrected chi connectivity index (χ0v) is 19.9. The van der Waals surface area contributed by atoms with Gasteiger partial charge in [0.05, 0.1) is 41.6 Å². The molecular formula is C22H24FN7O4S. The van der Waals surface area contributed by atoms with Crippen molar-refractivity contribution in [3.8, 4) is 17.1 Å². The number of nitrogens with one attached hydrogen (secondary N) is 1. The van der Waals surface area contributed by atoms with E-state index in [0.29, 0.717) is 36.6 Å². The highest BCUT2D eigenvalue weighted by atomic mass is 32.2. The van der Waals surface area contributed by atoms with Crippen LogP contribution in [0.4, 0.5) is 16.2 Å². The first-order valence-corrected chi connectivity index (χ1v) is 12.6. The number of anilines is 2. The first-order valence-electron chi connectivity index (χ1n) is 11.1. The van der Waals surface area contributed by atoms with E-state index in [4.69, 9.17) is 4.74 Å². The van der Waals surface area contributed by atoms with Gasteiger partial charge in [-0.05, 0) is 44.4 Å². The molecule has 35 heavy (non-hydrogen) atoms. The van der Waals surface area contributed by atoms with E-state index >= 15 is 4.48 Å². The molecule has 184 valence electrons. The summed E-state index contributed by atoms with van der Waals surface area (Å²) in [5, 5.41) is -0.502. The van der Waals surface area contributed by atoms with E-state index in [1.807, 2.05) is 6.92 Å². The van der Waals surface area contributed by atoms with Gasteiger partial charge >= 0.3 is 0 Å². The van der Waals surface area contributed by atoms with Gasteiger partial charge in [-0.2, -0.15) is 0 Å². The van der Waals surface area contributed by atoms with Crippen molar-refractivity contribution in [1.82, 2.24) is 24.9 Å². The Labute approximate surface area is 201 Å². The smallest absolute Gasteiger partial charge is 0.265 e. The van der Waals surface area contributed by atoms with E-state index in [0.717, 1.165) is 0 Å². The van der Waals surface area contributed by atoms with E-state index in [2.05, 4.69) is 29.6 Å². The van der Waals surface area contributed by atoms with Crippen LogP contribution in [-0.2, 0) is 14.8 Å². The zero-order chi connectivity index (χ0) is 25.0. The van der Waals surface area contributed by atoms with Crippen LogP contribution in [0.15, 0.2) is 43.0 Å². The van der Waals surface area contributed by atoms with Crippen molar-refractivity contribution in [2.75, 3.05) is 16.5 Å². The molecule has 3 heterocycles. The lowest BCUT2D eigenvalue weighted by Crippen LogP contribution is -2.29. The number of nitrogens with zero attached hydrogens (tertiary/aromatic N) is 6. The van der Waals surface area contributed by atoms with Crippen molar-refractivity contribution in [2.24, 2.45) is 0 Å². The van der Waals surface area contributed by atoms with Gasteiger partial charge in [0, 0.05) is 18.0 Å². The summed E-state index contributed by atoms with van der Waals surface area (Å²) in [4.78, 5) is 33.4. The summed E-state index contributed by atoms with van der Waals surface area (Å²) >= 11 is 0. The predicted octanol–water partition coefficient (Wildman–Crippen LogP) is 3.04. The number of carbonyl (C=O) groups is 1. The fourth-order valence-corrected chi connectivity index (χ4v) is 4.60. The van der Waals surface area contributed by atoms with Crippen LogP contribution in [0.3, 0.4) is 0 Å². The monoisotopic (exact) mass is 501 g/mol. The Morgan fingerprint density at radius 2 is 1.97 bits per heavy atom. The average molecular weight is 502 g/mol. The fourth-order valence-electron chi connectivity index (χ4n) is 3.32. The molecule has 1 unspecified atom stereocenters. The maximum Gasteiger partial charge on any atom is 0.265 e. The second-order valence-electron chi connectivity index (χ2n) is 7.81. The van der Waals surface area contributed by atoms with Gasteiger partial charge in [0.15, 0.2) is 5.82 Å². The molecule has 1 aliphatic carbocycles. The summed E-state index contributed by atoms with van der Waals surface area (Å²) in [6, 6.07) is 4.37. The topological polar surface area (TPSA) is 140 Å². The average Bonchev–Trinajstić information content (AvgIpc) is 3.71. The normalized spacial score (nSPS) is 14.3. The standard InChI is InChI=1S/C22H24FN7O4S/c1-3-16(17-9-10-25-22(28-17)29-35(32,33)15-6-7-15)21(31)30(23)19-8-5-14(11-26-19)18-12-24-13-20(27-18)34-4-2/h5,8-13,15-16H,3-4,6-7H2,1-2H3,(H,25,28,29). The molecule has 1 atom stereocenters. The number of hydrogen-bond donors (Lipinski definition) is 1. The molecule has 1 N–H and O–H groups in total. The van der Waals surface area contributed by atoms with Crippen molar-refractivity contribution in [3.05, 3.63) is 48.7 Å². The maximum absolute atomic E-state index is 15.1. The van der Waals surface area contributed by atoms with Crippen LogP contribution in [0.1, 0.15) is 44.7 Å². The first-order chi connectivity index (χ1) is 16.8. The minimum atomic E-state index is -3.57. The highest BCUT2D eigenvalue weighted by Crippen LogP contribution is 2.30. The molecule has 3 aromatic heterocycles. The predicted molar refractivity (Wildman–Crippen MR) is 126 cm³/mol. The summed E-state index contributed by atoms with van der Waals surface area (Å²) in [5.74, 6) is -1.87. The highest BCUT2D eigenvalue weighted by Gasteiger charge is 2.36. The zero-order valence-electron chi connectivity index (χ0n) is 19.1. The second kappa shape index (κ2) is 10.3. The Hall–Kier alpha value is -3.74. The van der Waals surface area contributed by atoms with Gasteiger partial charge in [-0.1, -0.05) is 11.4 Å². The van der Waals surface area contributed by atoms with Crippen molar-refractivity contribution in [1.29, 1.82) is 0 Å². The molecule has 13 heteroatoms. The molecule has 11 nitrogen and oxygen atoms in total. The molecule has 4 rings (SSSR count). The van der Waals surface area contributed by atoms with Crippen LogP contribution in [0.2, 0.25) is 0 Å². The maximum atomic E-state index is 15.1. The van der Waals surface area contributed by atoms with Crippen LogP contribution >= 0.6 is 0 Å². The molecule has 0 saturated heterocycles. The lowest BCUT2D eigenvalue weighted by atomic mass is 10.0. The van der Waals surface area contributed by atoms with E-state index < -0.39 is 27.1 Å². The van der Waals surface area contributed by atoms with Gasteiger partial charge in [0.1, 0.15) is 0 Å². The van der Waals surface area contributed by atoms with Gasteiger partial charge in [-0.25, -0.2) is 28.4 Å². The van der Waals surface area contributed by atoms with E-state index in [-0.39, 0.29) is 29.0 Å². The molecule has 1 amide bonds. The Bertz CT molecular complexity index is 1300. The summed E-state index contributed by atoms with van der Waals surface area (Å²) < 4.78 is 47.1. The van der Waals surface area contributed by atoms with Gasteiger partial charge in [-0.3, -0.25) is 14.5 Å². The molecule has 1 saturated carbocycles. The van der Waals surface area contributed by atoms with Crippen LogP contribution < -0.4 is 14.6 Å². The van der Waals surface area contributed by atoms with E-state index in [1.165, 1.54) is 36.9 Å². The Balaban J connectivity index is 1.50. The summed E-state index contributed by atoms with van der Waals surface area (Å²) in [6.45, 7) is 3.97. The van der Waals surface area contributed by atoms with Gasteiger partial charge in [0.25, 0.3) is 5.91 Å². The molecular weight excluding hydrogens is 477 g/mol. The lowest BCUT2D eigenvalue weighted by Gasteiger charge is -2.18. The third-order valence-corrected chi connectivity index (χ3v) is 7.10. The van der Waals surface area contributed by atoms with Crippen LogP contribution in [-0.4, -0.2) is 51.1 Å². The minimum Gasteiger partial charge on any atom is -0.477 e. The molecule has 0 spiro atoms. The molecule has 0 radical (unpaired) electrons. The van der Waals surface area contributed by atoms with Crippen LogP contribution in [0.25, 0.3) is 11.3 Å². The number of amides is 1. The van der Waals surface area contributed by atoms with Crippen molar-refractivity contribution in [2.45, 2.75) is 44.3 Å². The summed E-state index contributed by atoms with van der Waals surface area (Å²) in [7, 11) is -3.57. The summed E-state index contributed by atoms with van der Waals surface area (Å²) in [5.41, 5.74) is 1.25. The fraction of sp³-hybridized carbons (Fsp3) is 0.364. The van der Waals surface area contributed by atoms with Crippen molar-refractivity contribution in [3.63, 3.8) is 0 Å². The van der Waals surface area contributed by atoms with Crippen LogP contribution in [0.5, 0.6) is 5.88 Å². The number of ether oxygens (including phenoxy) is 1. The number of rotatable bonds is 10. The highest BCUT2D eigenvalue weighted by molar-refractivity contribution is 7.93. The first kappa shape index (κ1) is 24.4. The number of hydrogen-bond acceptors (Lipinski definition) is 9. The summed E-state index contributed by atoms with van der Waals surface area (Å²) in [6.07, 6.45) is 7.10.